The van der Waals surface area contributed by atoms with Gasteiger partial charge in [0.25, 0.3) is 5.91 Å². The standard InChI is InChI=1S/C33H35N5O4/c1-33(2)20-26-25(19-24-18-23(15-17-36-24)27(39)14-9-16-37-32(34)35)30(40)38(26)29(33)31(41)42-28(21-10-5-3-6-11-21)22-12-7-4-8-13-22/h3-8,10-13,15,17-19,26,28-29H,9,14,16,20H2,1-2H3,(H4,34,35,37)/b25-19+/t26?,29-/m0/s1. The number of carbonyl (C=O) groups is 3. The molecule has 2 fully saturated rings. The Morgan fingerprint density at radius 1 is 1.07 bits per heavy atom. The highest BCUT2D eigenvalue weighted by atomic mass is 16.5. The number of rotatable bonds is 10. The van der Waals surface area contributed by atoms with Gasteiger partial charge >= 0.3 is 5.97 Å². The van der Waals surface area contributed by atoms with Gasteiger partial charge in [-0.15, -0.1) is 0 Å². The second-order valence-electron chi connectivity index (χ2n) is 11.4. The van der Waals surface area contributed by atoms with Gasteiger partial charge in [-0.3, -0.25) is 19.6 Å². The van der Waals surface area contributed by atoms with Gasteiger partial charge in [-0.1, -0.05) is 74.5 Å². The van der Waals surface area contributed by atoms with Crippen molar-refractivity contribution in [2.24, 2.45) is 21.9 Å². The van der Waals surface area contributed by atoms with Crippen LogP contribution in [0.1, 0.15) is 66.4 Å². The van der Waals surface area contributed by atoms with Crippen LogP contribution < -0.4 is 11.5 Å². The summed E-state index contributed by atoms with van der Waals surface area (Å²) in [6.45, 7) is 4.35. The number of hydrogen-bond acceptors (Lipinski definition) is 6. The number of Topliss-reactive ketones (excluding diaryl/α,β-unsaturated/α-hetero) is 1. The van der Waals surface area contributed by atoms with E-state index in [1.54, 1.807) is 29.3 Å². The van der Waals surface area contributed by atoms with E-state index in [4.69, 9.17) is 16.2 Å². The number of aliphatic imine (C=N–C) groups is 1. The first-order valence-corrected chi connectivity index (χ1v) is 14.0. The molecule has 0 saturated carbocycles. The number of carbonyl (C=O) groups excluding carboxylic acids is 3. The number of pyridine rings is 1. The van der Waals surface area contributed by atoms with Crippen molar-refractivity contribution in [2.75, 3.05) is 6.54 Å². The molecule has 2 aliphatic heterocycles. The lowest BCUT2D eigenvalue weighted by Crippen LogP contribution is -2.58. The lowest BCUT2D eigenvalue weighted by Gasteiger charge is -2.41. The Hall–Kier alpha value is -4.79. The van der Waals surface area contributed by atoms with Crippen LogP contribution in [-0.4, -0.2) is 52.1 Å². The highest BCUT2D eigenvalue weighted by Gasteiger charge is 2.61. The van der Waals surface area contributed by atoms with Gasteiger partial charge in [0.1, 0.15) is 6.04 Å². The summed E-state index contributed by atoms with van der Waals surface area (Å²) in [6.07, 6.45) is 4.10. The van der Waals surface area contributed by atoms with Gasteiger partial charge in [-0.05, 0) is 47.6 Å². The van der Waals surface area contributed by atoms with Crippen LogP contribution in [0, 0.1) is 5.41 Å². The van der Waals surface area contributed by atoms with E-state index in [0.717, 1.165) is 11.1 Å². The van der Waals surface area contributed by atoms with Gasteiger partial charge in [-0.2, -0.15) is 0 Å². The van der Waals surface area contributed by atoms with Crippen molar-refractivity contribution in [2.45, 2.75) is 51.3 Å². The van der Waals surface area contributed by atoms with E-state index in [2.05, 4.69) is 9.98 Å². The number of hydrogen-bond donors (Lipinski definition) is 2. The number of guanidine groups is 1. The molecule has 3 aromatic rings. The van der Waals surface area contributed by atoms with Crippen molar-refractivity contribution >= 4 is 29.7 Å². The Morgan fingerprint density at radius 2 is 1.71 bits per heavy atom. The Bertz CT molecular complexity index is 1490. The third-order valence-corrected chi connectivity index (χ3v) is 7.84. The summed E-state index contributed by atoms with van der Waals surface area (Å²) in [5.41, 5.74) is 13.5. The molecule has 9 nitrogen and oxygen atoms in total. The van der Waals surface area contributed by atoms with Gasteiger partial charge in [-0.25, -0.2) is 4.79 Å². The fraction of sp³-hybridized carbons (Fsp3) is 0.303. The normalized spacial score (nSPS) is 19.7. The van der Waals surface area contributed by atoms with Crippen molar-refractivity contribution in [1.29, 1.82) is 0 Å². The zero-order valence-corrected chi connectivity index (χ0v) is 23.8. The minimum atomic E-state index is -0.729. The second-order valence-corrected chi connectivity index (χ2v) is 11.4. The number of ether oxygens (including phenoxy) is 1. The quantitative estimate of drug-likeness (QED) is 0.0719. The van der Waals surface area contributed by atoms with E-state index in [1.165, 1.54) is 0 Å². The Kier molecular flexibility index (Phi) is 8.20. The number of fused-ring (bicyclic) bond motifs is 1. The molecule has 1 unspecified atom stereocenters. The largest absolute Gasteiger partial charge is 0.451 e. The molecule has 216 valence electrons. The van der Waals surface area contributed by atoms with E-state index in [0.29, 0.717) is 36.2 Å². The number of nitrogens with two attached hydrogens (primary N) is 2. The third-order valence-electron chi connectivity index (χ3n) is 7.84. The fourth-order valence-corrected chi connectivity index (χ4v) is 5.82. The molecule has 1 amide bonds. The molecule has 2 saturated heterocycles. The van der Waals surface area contributed by atoms with Gasteiger partial charge in [0.05, 0.1) is 11.7 Å². The molecule has 3 heterocycles. The predicted octanol–water partition coefficient (Wildman–Crippen LogP) is 4.04. The van der Waals surface area contributed by atoms with Gasteiger partial charge in [0, 0.05) is 30.3 Å². The Morgan fingerprint density at radius 3 is 2.33 bits per heavy atom. The first-order chi connectivity index (χ1) is 20.2. The van der Waals surface area contributed by atoms with Crippen LogP contribution in [0.3, 0.4) is 0 Å². The molecule has 2 aromatic carbocycles. The summed E-state index contributed by atoms with van der Waals surface area (Å²) >= 11 is 0. The van der Waals surface area contributed by atoms with Crippen molar-refractivity contribution in [3.05, 3.63) is 107 Å². The number of aromatic nitrogens is 1. The number of nitrogens with zero attached hydrogens (tertiary/aromatic N) is 3. The molecule has 9 heteroatoms. The van der Waals surface area contributed by atoms with Crippen LogP contribution in [0.2, 0.25) is 0 Å². The molecule has 4 N–H and O–H groups in total. The first-order valence-electron chi connectivity index (χ1n) is 14.0. The molecule has 0 radical (unpaired) electrons. The summed E-state index contributed by atoms with van der Waals surface area (Å²) in [4.78, 5) is 49.8. The van der Waals surface area contributed by atoms with E-state index in [9.17, 15) is 14.4 Å². The van der Waals surface area contributed by atoms with Crippen molar-refractivity contribution in [1.82, 2.24) is 9.88 Å². The second kappa shape index (κ2) is 12.0. The van der Waals surface area contributed by atoms with Crippen LogP contribution in [0.4, 0.5) is 0 Å². The summed E-state index contributed by atoms with van der Waals surface area (Å²) in [5, 5.41) is 0. The molecule has 5 rings (SSSR count). The van der Waals surface area contributed by atoms with Crippen molar-refractivity contribution in [3.63, 3.8) is 0 Å². The van der Waals surface area contributed by atoms with Gasteiger partial charge in [0.2, 0.25) is 0 Å². The van der Waals surface area contributed by atoms with E-state index < -0.39 is 23.5 Å². The monoisotopic (exact) mass is 565 g/mol. The Labute approximate surface area is 245 Å². The molecule has 2 atom stereocenters. The van der Waals surface area contributed by atoms with Crippen LogP contribution >= 0.6 is 0 Å². The lowest BCUT2D eigenvalue weighted by molar-refractivity contribution is -0.162. The summed E-state index contributed by atoms with van der Waals surface area (Å²) in [7, 11) is 0. The number of esters is 1. The first kappa shape index (κ1) is 28.7. The maximum atomic E-state index is 13.8. The molecular formula is C33H35N5O4. The van der Waals surface area contributed by atoms with Crippen LogP contribution in [0.25, 0.3) is 6.08 Å². The maximum Gasteiger partial charge on any atom is 0.330 e. The van der Waals surface area contributed by atoms with Crippen LogP contribution in [-0.2, 0) is 14.3 Å². The smallest absolute Gasteiger partial charge is 0.330 e. The van der Waals surface area contributed by atoms with Crippen LogP contribution in [0.5, 0.6) is 0 Å². The number of amides is 1. The number of ketones is 1. The fourth-order valence-electron chi connectivity index (χ4n) is 5.82. The van der Waals surface area contributed by atoms with E-state index in [-0.39, 0.29) is 30.1 Å². The molecule has 0 bridgehead atoms. The van der Waals surface area contributed by atoms with Crippen molar-refractivity contribution in [3.8, 4) is 0 Å². The highest BCUT2D eigenvalue weighted by molar-refractivity contribution is 6.08. The number of benzene rings is 2. The summed E-state index contributed by atoms with van der Waals surface area (Å²) < 4.78 is 6.17. The number of β-lactam (4-membered cyclic amide) rings is 1. The average molecular weight is 566 g/mol. The highest BCUT2D eigenvalue weighted by Crippen LogP contribution is 2.50. The lowest BCUT2D eigenvalue weighted by atomic mass is 9.83. The zero-order valence-electron chi connectivity index (χ0n) is 23.8. The van der Waals surface area contributed by atoms with E-state index in [1.807, 2.05) is 74.5 Å². The molecule has 0 aliphatic carbocycles. The maximum absolute atomic E-state index is 13.8. The zero-order chi connectivity index (χ0) is 29.9. The molecular weight excluding hydrogens is 530 g/mol. The molecule has 2 aliphatic rings. The molecule has 1 aromatic heterocycles. The van der Waals surface area contributed by atoms with Crippen LogP contribution in [0.15, 0.2) is 89.6 Å². The molecule has 0 spiro atoms. The topological polar surface area (TPSA) is 141 Å². The van der Waals surface area contributed by atoms with Gasteiger partial charge in [0.15, 0.2) is 17.8 Å². The Balaban J connectivity index is 1.32. The van der Waals surface area contributed by atoms with Gasteiger partial charge < -0.3 is 21.1 Å². The average Bonchev–Trinajstić information content (AvgIpc) is 3.25. The summed E-state index contributed by atoms with van der Waals surface area (Å²) in [6, 6.07) is 21.6. The third kappa shape index (κ3) is 5.95. The summed E-state index contributed by atoms with van der Waals surface area (Å²) in [5.74, 6) is -0.712. The predicted molar refractivity (Wildman–Crippen MR) is 160 cm³/mol. The SMILES string of the molecule is CC1(C)CC2/C(=C\c3cc(C(=O)CCCN=C(N)N)ccn3)C(=O)N2[C@H]1C(=O)OC(c1ccccc1)c1ccccc1. The van der Waals surface area contributed by atoms with E-state index >= 15 is 0 Å². The van der Waals surface area contributed by atoms with Crippen molar-refractivity contribution < 1.29 is 19.1 Å². The minimum Gasteiger partial charge on any atom is -0.451 e. The molecule has 42 heavy (non-hydrogen) atoms. The minimum absolute atomic E-state index is 0.00252.